The van der Waals surface area contributed by atoms with E-state index in [0.29, 0.717) is 0 Å². The summed E-state index contributed by atoms with van der Waals surface area (Å²) >= 11 is 0. The molecule has 5 aromatic carbocycles. The second kappa shape index (κ2) is 12.6. The number of hydrogen-bond donors (Lipinski definition) is 0. The minimum absolute atomic E-state index is 0.00730. The number of carbonyl (C=O) groups excluding carboxylic acids is 1. The molecule has 0 unspecified atom stereocenters. The van der Waals surface area contributed by atoms with Crippen LogP contribution in [-0.2, 0) is 9.22 Å². The Morgan fingerprint density at radius 3 is 1.21 bits per heavy atom. The topological polar surface area (TPSA) is 26.3 Å². The summed E-state index contributed by atoms with van der Waals surface area (Å²) in [5.41, 5.74) is 0. The predicted molar refractivity (Wildman–Crippen MR) is 184 cm³/mol. The molecule has 5 aromatic rings. The van der Waals surface area contributed by atoms with Crippen molar-refractivity contribution in [1.29, 1.82) is 0 Å². The van der Waals surface area contributed by atoms with Crippen molar-refractivity contribution in [2.24, 2.45) is 0 Å². The normalized spacial score (nSPS) is 12.9. The van der Waals surface area contributed by atoms with Crippen LogP contribution in [0, 0.1) is 0 Å². The third kappa shape index (κ3) is 5.65. The van der Waals surface area contributed by atoms with Crippen LogP contribution in [0.5, 0.6) is 0 Å². The van der Waals surface area contributed by atoms with Gasteiger partial charge in [-0.3, -0.25) is 4.79 Å². The first-order valence-corrected chi connectivity index (χ1v) is 18.3. The molecule has 0 aliphatic rings. The van der Waals surface area contributed by atoms with Gasteiger partial charge in [-0.05, 0) is 50.9 Å². The molecule has 42 heavy (non-hydrogen) atoms. The van der Waals surface area contributed by atoms with Crippen molar-refractivity contribution in [3.05, 3.63) is 152 Å². The van der Waals surface area contributed by atoms with Gasteiger partial charge >= 0.3 is 0 Å². The summed E-state index contributed by atoms with van der Waals surface area (Å²) in [6.45, 7) is 6.22. The van der Waals surface area contributed by atoms with Crippen molar-refractivity contribution in [3.63, 3.8) is 0 Å². The van der Waals surface area contributed by atoms with E-state index in [1.807, 2.05) is 43.1 Å². The minimum Gasteiger partial charge on any atom is -0.397 e. The first-order valence-electron chi connectivity index (χ1n) is 14.5. The predicted octanol–water partition coefficient (Wildman–Crippen LogP) is 6.32. The summed E-state index contributed by atoms with van der Waals surface area (Å²) in [6.07, 6.45) is -0.646. The van der Waals surface area contributed by atoms with Gasteiger partial charge in [-0.2, -0.15) is 0 Å². The second-order valence-corrected chi connectivity index (χ2v) is 19.2. The van der Waals surface area contributed by atoms with Crippen molar-refractivity contribution in [2.45, 2.75) is 38.8 Å². The van der Waals surface area contributed by atoms with Crippen molar-refractivity contribution >= 4 is 53.1 Å². The highest BCUT2D eigenvalue weighted by molar-refractivity contribution is 7.95. The maximum atomic E-state index is 14.6. The van der Waals surface area contributed by atoms with Gasteiger partial charge in [0.05, 0.1) is 0 Å². The van der Waals surface area contributed by atoms with E-state index in [-0.39, 0.29) is 10.8 Å². The van der Waals surface area contributed by atoms with Gasteiger partial charge in [0.2, 0.25) is 0 Å². The summed E-state index contributed by atoms with van der Waals surface area (Å²) in [7, 11) is -2.92. The maximum absolute atomic E-state index is 14.6. The molecule has 2 nitrogen and oxygen atoms in total. The molecule has 0 radical (unpaired) electrons. The first kappa shape index (κ1) is 29.7. The molecule has 1 atom stereocenters. The molecule has 0 bridgehead atoms. The minimum atomic E-state index is -2.92. The van der Waals surface area contributed by atoms with Gasteiger partial charge in [-0.15, -0.1) is 0 Å². The smallest absolute Gasteiger partial charge is 0.262 e. The van der Waals surface area contributed by atoms with Crippen molar-refractivity contribution in [1.82, 2.24) is 0 Å². The first-order chi connectivity index (χ1) is 20.3. The molecule has 0 aliphatic carbocycles. The monoisotopic (exact) mass is 586 g/mol. The summed E-state index contributed by atoms with van der Waals surface area (Å²) in [5.74, 6) is 2.02. The van der Waals surface area contributed by atoms with E-state index in [1.165, 1.54) is 10.4 Å². The Labute approximate surface area is 252 Å². The van der Waals surface area contributed by atoms with E-state index < -0.39 is 21.3 Å². The fourth-order valence-electron chi connectivity index (χ4n) is 5.97. The Morgan fingerprint density at radius 2 is 0.905 bits per heavy atom. The standard InChI is InChI=1S/C38H39O2PSi/c1-31(40-42(38(2,3)4,35-26-16-8-17-27-35)36-28-18-9-19-29-36)37(39)30-41(32-20-10-5-11-21-32,33-22-12-6-13-23-33)34-24-14-7-15-25-34/h5-31H,1-4H3/t31-/m0/s1. The van der Waals surface area contributed by atoms with Gasteiger partial charge in [-0.1, -0.05) is 172 Å². The molecule has 0 aliphatic heterocycles. The zero-order valence-electron chi connectivity index (χ0n) is 24.9. The van der Waals surface area contributed by atoms with E-state index >= 15 is 0 Å². The summed E-state index contributed by atoms with van der Waals surface area (Å²) in [5, 5.41) is 5.54. The highest BCUT2D eigenvalue weighted by Crippen LogP contribution is 2.44. The SMILES string of the molecule is C[C@H](O[Si](c1ccccc1)(c1ccccc1)C(C)(C)C)C(=O)C=P(c1ccccc1)(c1ccccc1)c1ccccc1. The summed E-state index contributed by atoms with van der Waals surface area (Å²) in [4.78, 5) is 14.6. The van der Waals surface area contributed by atoms with Crippen LogP contribution in [0.25, 0.3) is 0 Å². The molecule has 0 aromatic heterocycles. The van der Waals surface area contributed by atoms with E-state index in [1.54, 1.807) is 0 Å². The molecular formula is C38H39O2PSi. The Balaban J connectivity index is 1.72. The van der Waals surface area contributed by atoms with Crippen molar-refractivity contribution < 1.29 is 9.22 Å². The van der Waals surface area contributed by atoms with Crippen LogP contribution in [-0.4, -0.2) is 26.0 Å². The molecule has 5 rings (SSSR count). The molecule has 212 valence electrons. The van der Waals surface area contributed by atoms with Crippen LogP contribution < -0.4 is 26.3 Å². The molecule has 0 amide bonds. The lowest BCUT2D eigenvalue weighted by atomic mass is 10.2. The largest absolute Gasteiger partial charge is 0.397 e. The third-order valence-corrected chi connectivity index (χ3v) is 17.1. The molecule has 0 heterocycles. The zero-order chi connectivity index (χ0) is 29.6. The Hall–Kier alpha value is -3.75. The van der Waals surface area contributed by atoms with Crippen molar-refractivity contribution in [3.8, 4) is 0 Å². The van der Waals surface area contributed by atoms with Crippen LogP contribution in [0.1, 0.15) is 27.7 Å². The van der Waals surface area contributed by atoms with E-state index in [0.717, 1.165) is 15.9 Å². The number of benzene rings is 5. The van der Waals surface area contributed by atoms with Gasteiger partial charge in [-0.25, -0.2) is 0 Å². The fraction of sp³-hybridized carbons (Fsp3) is 0.158. The van der Waals surface area contributed by atoms with Gasteiger partial charge < -0.3 is 4.43 Å². The lowest BCUT2D eigenvalue weighted by Crippen LogP contribution is -2.68. The van der Waals surface area contributed by atoms with E-state index in [2.05, 4.69) is 142 Å². The number of hydrogen-bond acceptors (Lipinski definition) is 2. The van der Waals surface area contributed by atoms with E-state index in [9.17, 15) is 4.79 Å². The van der Waals surface area contributed by atoms with Crippen LogP contribution in [0.4, 0.5) is 0 Å². The fourth-order valence-corrected chi connectivity index (χ4v) is 14.5. The molecular weight excluding hydrogens is 547 g/mol. The van der Waals surface area contributed by atoms with Crippen LogP contribution in [0.15, 0.2) is 152 Å². The maximum Gasteiger partial charge on any atom is 0.262 e. The average molecular weight is 587 g/mol. The number of ketones is 1. The zero-order valence-corrected chi connectivity index (χ0v) is 26.7. The Morgan fingerprint density at radius 1 is 0.595 bits per heavy atom. The number of rotatable bonds is 9. The lowest BCUT2D eigenvalue weighted by molar-refractivity contribution is -0.118. The molecule has 0 fully saturated rings. The second-order valence-electron chi connectivity index (χ2n) is 11.7. The molecule has 0 saturated carbocycles. The molecule has 0 N–H and O–H groups in total. The third-order valence-electron chi connectivity index (χ3n) is 7.98. The summed E-state index contributed by atoms with van der Waals surface area (Å²) < 4.78 is 7.27. The molecule has 4 heteroatoms. The lowest BCUT2D eigenvalue weighted by Gasteiger charge is -2.44. The summed E-state index contributed by atoms with van der Waals surface area (Å²) in [6, 6.07) is 52.5. The average Bonchev–Trinajstić information content (AvgIpc) is 3.03. The van der Waals surface area contributed by atoms with Crippen LogP contribution in [0.3, 0.4) is 0 Å². The van der Waals surface area contributed by atoms with Crippen molar-refractivity contribution in [2.75, 3.05) is 0 Å². The Kier molecular flexibility index (Phi) is 8.94. The number of carbonyl (C=O) groups is 1. The van der Waals surface area contributed by atoms with Gasteiger partial charge in [0, 0.05) is 0 Å². The quantitative estimate of drug-likeness (QED) is 0.149. The van der Waals surface area contributed by atoms with Gasteiger partial charge in [0.15, 0.2) is 5.78 Å². The Bertz CT molecular complexity index is 1500. The molecule has 0 saturated heterocycles. The van der Waals surface area contributed by atoms with Gasteiger partial charge in [0.25, 0.3) is 8.32 Å². The van der Waals surface area contributed by atoms with Crippen LogP contribution in [0.2, 0.25) is 5.04 Å². The highest BCUT2D eigenvalue weighted by atomic mass is 31.2. The van der Waals surface area contributed by atoms with Crippen LogP contribution >= 0.6 is 6.89 Å². The van der Waals surface area contributed by atoms with Gasteiger partial charge in [0.1, 0.15) is 6.10 Å². The highest BCUT2D eigenvalue weighted by Gasteiger charge is 2.51. The van der Waals surface area contributed by atoms with E-state index in [4.69, 9.17) is 4.43 Å². The molecule has 0 spiro atoms. The number of Topliss-reactive ketones (excluding diaryl/α,β-unsaturated/α-hetero) is 1.